The number of amides is 1. The van der Waals surface area contributed by atoms with E-state index in [4.69, 9.17) is 10.2 Å². The Morgan fingerprint density at radius 2 is 1.94 bits per heavy atom. The van der Waals surface area contributed by atoms with Crippen molar-refractivity contribution in [2.24, 2.45) is 0 Å². The monoisotopic (exact) mass is 228 g/mol. The van der Waals surface area contributed by atoms with Crippen molar-refractivity contribution in [2.75, 3.05) is 39.8 Å². The Labute approximate surface area is 96.7 Å². The molecule has 92 valence electrons. The van der Waals surface area contributed by atoms with Crippen LogP contribution in [0.15, 0.2) is 0 Å². The fourth-order valence-electron chi connectivity index (χ4n) is 1.08. The summed E-state index contributed by atoms with van der Waals surface area (Å²) in [5.74, 6) is 5.72. The van der Waals surface area contributed by atoms with Gasteiger partial charge in [-0.3, -0.25) is 9.80 Å². The summed E-state index contributed by atoms with van der Waals surface area (Å²) < 4.78 is 0. The molecule has 5 heteroatoms. The molecular weight excluding hydrogens is 208 g/mol. The van der Waals surface area contributed by atoms with Crippen molar-refractivity contribution in [3.05, 3.63) is 0 Å². The zero-order valence-corrected chi connectivity index (χ0v) is 9.94. The second kappa shape index (κ2) is 9.01. The van der Waals surface area contributed by atoms with Gasteiger partial charge >= 0.3 is 6.09 Å². The van der Waals surface area contributed by atoms with Gasteiger partial charge in [0, 0.05) is 19.7 Å². The summed E-state index contributed by atoms with van der Waals surface area (Å²) in [7, 11) is 1.92. The number of carbonyl (C=O) groups is 1. The maximum absolute atomic E-state index is 10.6. The zero-order chi connectivity index (χ0) is 12.4. The van der Waals surface area contributed by atoms with Gasteiger partial charge in [-0.2, -0.15) is 0 Å². The summed E-state index contributed by atoms with van der Waals surface area (Å²) in [6.45, 7) is 4.05. The average Bonchev–Trinajstić information content (AvgIpc) is 2.25. The number of hydrogen-bond donors (Lipinski definition) is 2. The lowest BCUT2D eigenvalue weighted by Crippen LogP contribution is -2.29. The Bertz CT molecular complexity index is 258. The number of rotatable bonds is 6. The van der Waals surface area contributed by atoms with E-state index >= 15 is 0 Å². The van der Waals surface area contributed by atoms with Crippen LogP contribution < -0.4 is 0 Å². The predicted molar refractivity (Wildman–Crippen MR) is 62.2 cm³/mol. The third-order valence-corrected chi connectivity index (χ3v) is 2.09. The number of nitrogens with zero attached hydrogens (tertiary/aromatic N) is 2. The van der Waals surface area contributed by atoms with Crippen molar-refractivity contribution in [3.8, 4) is 11.8 Å². The van der Waals surface area contributed by atoms with Gasteiger partial charge in [0.1, 0.15) is 0 Å². The van der Waals surface area contributed by atoms with Crippen LogP contribution in [0.2, 0.25) is 0 Å². The molecule has 16 heavy (non-hydrogen) atoms. The minimum atomic E-state index is -0.939. The smallest absolute Gasteiger partial charge is 0.408 e. The lowest BCUT2D eigenvalue weighted by atomic mass is 10.4. The second-order valence-electron chi connectivity index (χ2n) is 3.47. The van der Waals surface area contributed by atoms with Crippen LogP contribution in [0.1, 0.15) is 13.3 Å². The molecule has 5 nitrogen and oxygen atoms in total. The minimum Gasteiger partial charge on any atom is -0.465 e. The first kappa shape index (κ1) is 14.8. The number of aliphatic hydroxyl groups excluding tert-OH is 1. The molecule has 0 unspecified atom stereocenters. The van der Waals surface area contributed by atoms with Crippen molar-refractivity contribution >= 4 is 6.09 Å². The molecule has 0 aromatic heterocycles. The van der Waals surface area contributed by atoms with E-state index in [-0.39, 0.29) is 13.2 Å². The topological polar surface area (TPSA) is 64.0 Å². The van der Waals surface area contributed by atoms with Crippen molar-refractivity contribution in [1.29, 1.82) is 0 Å². The number of carboxylic acid groups (broad SMARTS) is 1. The van der Waals surface area contributed by atoms with Gasteiger partial charge in [0.2, 0.25) is 0 Å². The third kappa shape index (κ3) is 7.10. The molecular formula is C11H20N2O3. The quantitative estimate of drug-likeness (QED) is 0.642. The molecule has 0 aliphatic heterocycles. The maximum Gasteiger partial charge on any atom is 0.408 e. The molecule has 0 saturated heterocycles. The second-order valence-corrected chi connectivity index (χ2v) is 3.47. The molecule has 0 bridgehead atoms. The highest BCUT2D eigenvalue weighted by Gasteiger charge is 2.05. The normalized spacial score (nSPS) is 9.75. The molecule has 0 radical (unpaired) electrons. The van der Waals surface area contributed by atoms with Gasteiger partial charge in [-0.1, -0.05) is 11.8 Å². The van der Waals surface area contributed by atoms with Gasteiger partial charge in [-0.05, 0) is 20.4 Å². The fourth-order valence-corrected chi connectivity index (χ4v) is 1.08. The van der Waals surface area contributed by atoms with E-state index in [1.807, 2.05) is 11.9 Å². The van der Waals surface area contributed by atoms with E-state index in [0.29, 0.717) is 13.1 Å². The zero-order valence-electron chi connectivity index (χ0n) is 9.94. The van der Waals surface area contributed by atoms with Crippen molar-refractivity contribution in [1.82, 2.24) is 9.80 Å². The van der Waals surface area contributed by atoms with Crippen LogP contribution in [-0.4, -0.2) is 65.9 Å². The predicted octanol–water partition coefficient (Wildman–Crippen LogP) is 0.304. The molecule has 2 N–H and O–H groups in total. The van der Waals surface area contributed by atoms with E-state index in [9.17, 15) is 4.79 Å². The molecule has 0 aromatic carbocycles. The van der Waals surface area contributed by atoms with Crippen LogP contribution in [0.25, 0.3) is 0 Å². The lowest BCUT2D eigenvalue weighted by molar-refractivity contribution is 0.153. The van der Waals surface area contributed by atoms with Crippen LogP contribution in [0, 0.1) is 11.8 Å². The average molecular weight is 228 g/mol. The summed E-state index contributed by atoms with van der Waals surface area (Å²) in [4.78, 5) is 13.9. The van der Waals surface area contributed by atoms with Gasteiger partial charge in [-0.25, -0.2) is 4.79 Å². The maximum atomic E-state index is 10.6. The fraction of sp³-hybridized carbons (Fsp3) is 0.727. The Morgan fingerprint density at radius 1 is 1.31 bits per heavy atom. The molecule has 1 amide bonds. The van der Waals surface area contributed by atoms with Gasteiger partial charge in [0.25, 0.3) is 0 Å². The molecule has 0 aromatic rings. The first-order valence-electron chi connectivity index (χ1n) is 5.34. The van der Waals surface area contributed by atoms with Gasteiger partial charge < -0.3 is 10.2 Å². The van der Waals surface area contributed by atoms with Crippen LogP contribution in [0.4, 0.5) is 4.79 Å². The largest absolute Gasteiger partial charge is 0.465 e. The summed E-state index contributed by atoms with van der Waals surface area (Å²) in [5.41, 5.74) is 0. The highest BCUT2D eigenvalue weighted by Crippen LogP contribution is 1.87. The van der Waals surface area contributed by atoms with Crippen molar-refractivity contribution in [3.63, 3.8) is 0 Å². The first-order valence-corrected chi connectivity index (χ1v) is 5.34. The van der Waals surface area contributed by atoms with Crippen LogP contribution in [0.5, 0.6) is 0 Å². The Morgan fingerprint density at radius 3 is 2.44 bits per heavy atom. The van der Waals surface area contributed by atoms with E-state index < -0.39 is 6.09 Å². The summed E-state index contributed by atoms with van der Waals surface area (Å²) in [5, 5.41) is 17.3. The van der Waals surface area contributed by atoms with Crippen molar-refractivity contribution < 1.29 is 15.0 Å². The highest BCUT2D eigenvalue weighted by molar-refractivity contribution is 5.65. The van der Waals surface area contributed by atoms with Crippen LogP contribution >= 0.6 is 0 Å². The van der Waals surface area contributed by atoms with E-state index in [1.54, 1.807) is 6.92 Å². The summed E-state index contributed by atoms with van der Waals surface area (Å²) >= 11 is 0. The Balaban J connectivity index is 3.79. The molecule has 0 aliphatic rings. The van der Waals surface area contributed by atoms with Crippen molar-refractivity contribution in [2.45, 2.75) is 13.3 Å². The highest BCUT2D eigenvalue weighted by atomic mass is 16.4. The summed E-state index contributed by atoms with van der Waals surface area (Å²) in [6.07, 6.45) is -0.209. The SMILES string of the molecule is CCN(CC#CCN(C)CCCO)C(=O)O. The third-order valence-electron chi connectivity index (χ3n) is 2.09. The Hall–Kier alpha value is -1.25. The molecule has 0 rings (SSSR count). The molecule has 0 aliphatic carbocycles. The summed E-state index contributed by atoms with van der Waals surface area (Å²) in [6, 6.07) is 0. The number of aliphatic hydroxyl groups is 1. The van der Waals surface area contributed by atoms with E-state index in [1.165, 1.54) is 4.90 Å². The van der Waals surface area contributed by atoms with E-state index in [2.05, 4.69) is 11.8 Å². The van der Waals surface area contributed by atoms with E-state index in [0.717, 1.165) is 13.0 Å². The molecule has 0 heterocycles. The van der Waals surface area contributed by atoms with Gasteiger partial charge in [-0.15, -0.1) is 0 Å². The first-order chi connectivity index (χ1) is 7.61. The molecule has 0 fully saturated rings. The van der Waals surface area contributed by atoms with Gasteiger partial charge in [0.05, 0.1) is 13.1 Å². The van der Waals surface area contributed by atoms with Crippen LogP contribution in [-0.2, 0) is 0 Å². The standard InChI is InChI=1S/C11H20N2O3/c1-3-13(11(15)16)9-5-4-7-12(2)8-6-10-14/h14H,3,6-10H2,1-2H3,(H,15,16). The minimum absolute atomic E-state index is 0.181. The Kier molecular flexibility index (Phi) is 8.31. The number of hydrogen-bond acceptors (Lipinski definition) is 3. The van der Waals surface area contributed by atoms with Gasteiger partial charge in [0.15, 0.2) is 0 Å². The van der Waals surface area contributed by atoms with Crippen LogP contribution in [0.3, 0.4) is 0 Å². The molecule has 0 saturated carbocycles. The molecule has 0 spiro atoms. The lowest BCUT2D eigenvalue weighted by Gasteiger charge is -2.13. The molecule has 0 atom stereocenters.